The molecule has 0 unspecified atom stereocenters. The van der Waals surface area contributed by atoms with Crippen LogP contribution in [0.15, 0.2) is 23.8 Å². The molecule has 0 fully saturated rings. The summed E-state index contributed by atoms with van der Waals surface area (Å²) >= 11 is 5.27. The van der Waals surface area contributed by atoms with Gasteiger partial charge < -0.3 is 0 Å². The van der Waals surface area contributed by atoms with E-state index in [4.69, 9.17) is 11.6 Å². The second kappa shape index (κ2) is 8.54. The molecule has 0 bridgehead atoms. The Labute approximate surface area is 79.1 Å². The van der Waals surface area contributed by atoms with Gasteiger partial charge in [0.05, 0.1) is 0 Å². The summed E-state index contributed by atoms with van der Waals surface area (Å²) in [5.74, 6) is 0.179. The van der Waals surface area contributed by atoms with Gasteiger partial charge >= 0.3 is 0 Å². The maximum Gasteiger partial charge on any atom is 0.155 e. The molecule has 0 aliphatic rings. The molecule has 0 amide bonds. The summed E-state index contributed by atoms with van der Waals surface area (Å²) in [4.78, 5) is 11.0. The third-order valence-electron chi connectivity index (χ3n) is 1.49. The van der Waals surface area contributed by atoms with Crippen LogP contribution in [0.25, 0.3) is 0 Å². The van der Waals surface area contributed by atoms with E-state index in [1.165, 1.54) is 5.54 Å². The summed E-state index contributed by atoms with van der Waals surface area (Å²) in [7, 11) is 0. The number of hydrogen-bond acceptors (Lipinski definition) is 1. The predicted molar refractivity (Wildman–Crippen MR) is 53.3 cm³/mol. The average Bonchev–Trinajstić information content (AvgIpc) is 2.06. The van der Waals surface area contributed by atoms with E-state index in [1.54, 1.807) is 18.2 Å². The summed E-state index contributed by atoms with van der Waals surface area (Å²) in [5, 5.41) is 0. The van der Waals surface area contributed by atoms with E-state index in [1.807, 2.05) is 0 Å². The molecule has 0 aliphatic carbocycles. The number of carbonyl (C=O) groups is 1. The van der Waals surface area contributed by atoms with Crippen molar-refractivity contribution >= 4 is 17.4 Å². The Bertz CT molecular complexity index is 171. The lowest BCUT2D eigenvalue weighted by Gasteiger charge is -1.92. The highest BCUT2D eigenvalue weighted by molar-refractivity contribution is 6.25. The fraction of sp³-hybridized carbons (Fsp3) is 0.500. The van der Waals surface area contributed by atoms with Gasteiger partial charge in [-0.2, -0.15) is 0 Å². The fourth-order valence-corrected chi connectivity index (χ4v) is 0.921. The first-order valence-corrected chi connectivity index (χ1v) is 4.71. The molecule has 0 heterocycles. The summed E-state index contributed by atoms with van der Waals surface area (Å²) in [6.07, 6.45) is 8.79. The highest BCUT2D eigenvalue weighted by Gasteiger charge is 1.93. The Balaban J connectivity index is 3.45. The van der Waals surface area contributed by atoms with E-state index in [9.17, 15) is 4.79 Å². The quantitative estimate of drug-likeness (QED) is 0.353. The van der Waals surface area contributed by atoms with Crippen LogP contribution < -0.4 is 0 Å². The highest BCUT2D eigenvalue weighted by Crippen LogP contribution is 2.00. The van der Waals surface area contributed by atoms with Gasteiger partial charge in [-0.15, -0.1) is 0 Å². The van der Waals surface area contributed by atoms with Crippen LogP contribution in [-0.2, 0) is 4.79 Å². The van der Waals surface area contributed by atoms with Crippen LogP contribution in [0.3, 0.4) is 0 Å². The van der Waals surface area contributed by atoms with Crippen molar-refractivity contribution in [2.24, 2.45) is 0 Å². The summed E-state index contributed by atoms with van der Waals surface area (Å²) < 4.78 is 0. The lowest BCUT2D eigenvalue weighted by atomic mass is 10.1. The average molecular weight is 187 g/mol. The van der Waals surface area contributed by atoms with E-state index >= 15 is 0 Å². The predicted octanol–water partition coefficient (Wildman–Crippen LogP) is 3.44. The molecular formula is C10H15ClO. The Hall–Kier alpha value is -0.560. The van der Waals surface area contributed by atoms with Gasteiger partial charge in [0.25, 0.3) is 0 Å². The van der Waals surface area contributed by atoms with Crippen molar-refractivity contribution in [3.8, 4) is 0 Å². The molecule has 0 spiro atoms. The molecule has 0 aromatic heterocycles. The molecule has 0 saturated heterocycles. The van der Waals surface area contributed by atoms with E-state index < -0.39 is 0 Å². The van der Waals surface area contributed by atoms with Gasteiger partial charge in [0.2, 0.25) is 0 Å². The largest absolute Gasteiger partial charge is 0.295 e. The Kier molecular flexibility index (Phi) is 8.14. The SMILES string of the molecule is CCCCCC(=O)/C=C/C=C/Cl. The molecule has 68 valence electrons. The van der Waals surface area contributed by atoms with E-state index in [0.29, 0.717) is 6.42 Å². The lowest BCUT2D eigenvalue weighted by Crippen LogP contribution is -1.91. The van der Waals surface area contributed by atoms with Crippen molar-refractivity contribution in [2.75, 3.05) is 0 Å². The monoisotopic (exact) mass is 186 g/mol. The molecule has 0 atom stereocenters. The van der Waals surface area contributed by atoms with Gasteiger partial charge in [0.1, 0.15) is 0 Å². The van der Waals surface area contributed by atoms with Crippen molar-refractivity contribution in [1.29, 1.82) is 0 Å². The van der Waals surface area contributed by atoms with Crippen LogP contribution in [0, 0.1) is 0 Å². The molecule has 0 radical (unpaired) electrons. The van der Waals surface area contributed by atoms with Crippen molar-refractivity contribution in [1.82, 2.24) is 0 Å². The Morgan fingerprint density at radius 2 is 2.08 bits per heavy atom. The van der Waals surface area contributed by atoms with Crippen LogP contribution in [0.2, 0.25) is 0 Å². The maximum absolute atomic E-state index is 11.0. The zero-order chi connectivity index (χ0) is 9.23. The van der Waals surface area contributed by atoms with Crippen molar-refractivity contribution in [3.05, 3.63) is 23.8 Å². The summed E-state index contributed by atoms with van der Waals surface area (Å²) in [6.45, 7) is 2.12. The first kappa shape index (κ1) is 11.4. The van der Waals surface area contributed by atoms with Gasteiger partial charge in [0.15, 0.2) is 5.78 Å². The molecule has 0 aromatic carbocycles. The van der Waals surface area contributed by atoms with Gasteiger partial charge in [-0.25, -0.2) is 0 Å². The second-order valence-electron chi connectivity index (χ2n) is 2.60. The third kappa shape index (κ3) is 7.55. The Morgan fingerprint density at radius 3 is 2.67 bits per heavy atom. The number of unbranched alkanes of at least 4 members (excludes halogenated alkanes) is 2. The number of allylic oxidation sites excluding steroid dienone is 3. The molecule has 0 rings (SSSR count). The minimum atomic E-state index is 0.179. The normalized spacial score (nSPS) is 11.5. The highest BCUT2D eigenvalue weighted by atomic mass is 35.5. The minimum absolute atomic E-state index is 0.179. The van der Waals surface area contributed by atoms with Gasteiger partial charge in [0, 0.05) is 12.0 Å². The summed E-state index contributed by atoms with van der Waals surface area (Å²) in [6, 6.07) is 0. The van der Waals surface area contributed by atoms with Crippen molar-refractivity contribution in [3.63, 3.8) is 0 Å². The lowest BCUT2D eigenvalue weighted by molar-refractivity contribution is -0.114. The number of carbonyl (C=O) groups excluding carboxylic acids is 1. The van der Waals surface area contributed by atoms with Gasteiger partial charge in [-0.1, -0.05) is 43.5 Å². The van der Waals surface area contributed by atoms with Gasteiger partial charge in [-0.05, 0) is 12.5 Å². The van der Waals surface area contributed by atoms with Crippen LogP contribution in [0.5, 0.6) is 0 Å². The maximum atomic E-state index is 11.0. The number of rotatable bonds is 6. The number of ketones is 1. The molecule has 2 heteroatoms. The number of hydrogen-bond donors (Lipinski definition) is 0. The first-order valence-electron chi connectivity index (χ1n) is 4.27. The molecular weight excluding hydrogens is 172 g/mol. The molecule has 1 nitrogen and oxygen atoms in total. The third-order valence-corrected chi connectivity index (χ3v) is 1.64. The molecule has 0 saturated carbocycles. The van der Waals surface area contributed by atoms with E-state index in [2.05, 4.69) is 6.92 Å². The Morgan fingerprint density at radius 1 is 1.33 bits per heavy atom. The van der Waals surface area contributed by atoms with Crippen LogP contribution in [0.4, 0.5) is 0 Å². The smallest absolute Gasteiger partial charge is 0.155 e. The van der Waals surface area contributed by atoms with Gasteiger partial charge in [-0.3, -0.25) is 4.79 Å². The van der Waals surface area contributed by atoms with Crippen molar-refractivity contribution in [2.45, 2.75) is 32.6 Å². The topological polar surface area (TPSA) is 17.1 Å². The zero-order valence-corrected chi connectivity index (χ0v) is 8.18. The second-order valence-corrected chi connectivity index (χ2v) is 2.85. The van der Waals surface area contributed by atoms with E-state index in [0.717, 1.165) is 19.3 Å². The molecule has 0 N–H and O–H groups in total. The minimum Gasteiger partial charge on any atom is -0.295 e. The standard InChI is InChI=1S/C10H15ClO/c1-2-3-4-7-10(12)8-5-6-9-11/h5-6,8-9H,2-4,7H2,1H3/b8-5+,9-6+. The molecule has 12 heavy (non-hydrogen) atoms. The van der Waals surface area contributed by atoms with Crippen LogP contribution in [-0.4, -0.2) is 5.78 Å². The van der Waals surface area contributed by atoms with Crippen LogP contribution >= 0.6 is 11.6 Å². The van der Waals surface area contributed by atoms with Crippen LogP contribution in [0.1, 0.15) is 32.6 Å². The zero-order valence-electron chi connectivity index (χ0n) is 7.42. The van der Waals surface area contributed by atoms with E-state index in [-0.39, 0.29) is 5.78 Å². The van der Waals surface area contributed by atoms with Crippen molar-refractivity contribution < 1.29 is 4.79 Å². The molecule has 0 aromatic rings. The fourth-order valence-electron chi connectivity index (χ4n) is 0.837. The summed E-state index contributed by atoms with van der Waals surface area (Å²) in [5.41, 5.74) is 1.38. The first-order chi connectivity index (χ1) is 5.81. The molecule has 0 aliphatic heterocycles. The number of halogens is 1.